The maximum absolute atomic E-state index is 14.0. The molecule has 0 radical (unpaired) electrons. The first-order chi connectivity index (χ1) is 18.1. The molecular weight excluding hydrogens is 500 g/mol. The van der Waals surface area contributed by atoms with Crippen molar-refractivity contribution in [2.24, 2.45) is 11.3 Å². The van der Waals surface area contributed by atoms with Crippen molar-refractivity contribution in [2.75, 3.05) is 18.0 Å². The van der Waals surface area contributed by atoms with Crippen LogP contribution >= 0.6 is 0 Å². The molecule has 4 aliphatic rings. The SMILES string of the molecule is O=C1[C@@H](N[C@H]2C[C@H]3CCC[C@@]3(C(=O)N3CCc4ncc(C(F)(F)F)cc4C3)C2)CCN1c1ccc(F)cc1. The molecule has 2 aromatic rings. The van der Waals surface area contributed by atoms with Gasteiger partial charge < -0.3 is 15.1 Å². The van der Waals surface area contributed by atoms with Crippen LogP contribution in [-0.4, -0.2) is 46.9 Å². The minimum absolute atomic E-state index is 0.0157. The molecule has 2 aliphatic carbocycles. The zero-order valence-corrected chi connectivity index (χ0v) is 20.9. The van der Waals surface area contributed by atoms with Gasteiger partial charge in [-0.3, -0.25) is 14.6 Å². The highest BCUT2D eigenvalue weighted by molar-refractivity contribution is 5.99. The van der Waals surface area contributed by atoms with Gasteiger partial charge in [-0.05, 0) is 73.9 Å². The highest BCUT2D eigenvalue weighted by Crippen LogP contribution is 2.55. The van der Waals surface area contributed by atoms with Gasteiger partial charge in [0.2, 0.25) is 11.8 Å². The molecule has 0 unspecified atom stereocenters. The lowest BCUT2D eigenvalue weighted by atomic mass is 9.78. The van der Waals surface area contributed by atoms with E-state index in [1.54, 1.807) is 21.9 Å². The van der Waals surface area contributed by atoms with Crippen LogP contribution in [0, 0.1) is 17.2 Å². The predicted molar refractivity (Wildman–Crippen MR) is 131 cm³/mol. The van der Waals surface area contributed by atoms with Crippen LogP contribution < -0.4 is 10.2 Å². The van der Waals surface area contributed by atoms with E-state index in [1.807, 2.05) is 0 Å². The van der Waals surface area contributed by atoms with Gasteiger partial charge in [0.15, 0.2) is 0 Å². The Morgan fingerprint density at radius 2 is 1.92 bits per heavy atom. The van der Waals surface area contributed by atoms with E-state index in [1.165, 1.54) is 12.1 Å². The largest absolute Gasteiger partial charge is 0.417 e. The smallest absolute Gasteiger partial charge is 0.337 e. The van der Waals surface area contributed by atoms with Gasteiger partial charge in [0.1, 0.15) is 5.82 Å². The summed E-state index contributed by atoms with van der Waals surface area (Å²) in [4.78, 5) is 34.5. The molecule has 1 aromatic heterocycles. The Bertz CT molecular complexity index is 1250. The quantitative estimate of drug-likeness (QED) is 0.593. The average Bonchev–Trinajstić information content (AvgIpc) is 3.56. The van der Waals surface area contributed by atoms with Gasteiger partial charge in [0, 0.05) is 49.7 Å². The Morgan fingerprint density at radius 3 is 2.68 bits per heavy atom. The van der Waals surface area contributed by atoms with Crippen molar-refractivity contribution in [1.82, 2.24) is 15.2 Å². The van der Waals surface area contributed by atoms with Crippen molar-refractivity contribution >= 4 is 17.5 Å². The number of carbonyl (C=O) groups is 2. The third-order valence-corrected chi connectivity index (χ3v) is 9.00. The zero-order valence-electron chi connectivity index (χ0n) is 20.9. The van der Waals surface area contributed by atoms with Crippen LogP contribution in [-0.2, 0) is 28.7 Å². The summed E-state index contributed by atoms with van der Waals surface area (Å²) < 4.78 is 53.0. The van der Waals surface area contributed by atoms with E-state index < -0.39 is 17.2 Å². The summed E-state index contributed by atoms with van der Waals surface area (Å²) in [7, 11) is 0. The molecule has 4 atom stereocenters. The summed E-state index contributed by atoms with van der Waals surface area (Å²) in [6.45, 7) is 1.14. The predicted octanol–water partition coefficient (Wildman–Crippen LogP) is 4.47. The molecule has 202 valence electrons. The number of amides is 2. The molecule has 2 saturated carbocycles. The first-order valence-electron chi connectivity index (χ1n) is 13.3. The Labute approximate surface area is 218 Å². The molecule has 10 heteroatoms. The van der Waals surface area contributed by atoms with Gasteiger partial charge in [0.25, 0.3) is 0 Å². The Kier molecular flexibility index (Phi) is 6.20. The molecule has 0 bridgehead atoms. The molecule has 1 saturated heterocycles. The van der Waals surface area contributed by atoms with Crippen LogP contribution in [0.25, 0.3) is 0 Å². The fourth-order valence-electron chi connectivity index (χ4n) is 7.18. The van der Waals surface area contributed by atoms with Gasteiger partial charge in [-0.25, -0.2) is 4.39 Å². The first-order valence-corrected chi connectivity index (χ1v) is 13.3. The third kappa shape index (κ3) is 4.36. The van der Waals surface area contributed by atoms with Gasteiger partial charge in [-0.1, -0.05) is 6.42 Å². The zero-order chi connectivity index (χ0) is 26.7. The summed E-state index contributed by atoms with van der Waals surface area (Å²) in [5.41, 5.74) is 0.435. The van der Waals surface area contributed by atoms with Crippen molar-refractivity contribution < 1.29 is 27.2 Å². The number of nitrogens with one attached hydrogen (secondary N) is 1. The standard InChI is InChI=1S/C28H30F4N4O2/c29-20-3-5-22(6-4-20)36-11-8-24(25(36)37)34-21-13-18-2-1-9-27(18,14-21)26(38)35-10-7-23-17(16-35)12-19(15-33-23)28(30,31)32/h3-6,12,15,18,21,24,34H,1-2,7-11,13-14,16H2/t18-,21+,24+,27-/m1/s1. The fraction of sp³-hybridized carbons (Fsp3) is 0.536. The average molecular weight is 531 g/mol. The van der Waals surface area contributed by atoms with E-state index in [4.69, 9.17) is 0 Å². The number of hydrogen-bond donors (Lipinski definition) is 1. The van der Waals surface area contributed by atoms with Gasteiger partial charge in [-0.2, -0.15) is 13.2 Å². The van der Waals surface area contributed by atoms with Crippen molar-refractivity contribution in [2.45, 2.75) is 69.8 Å². The highest BCUT2D eigenvalue weighted by atomic mass is 19.4. The molecule has 3 heterocycles. The topological polar surface area (TPSA) is 65.5 Å². The summed E-state index contributed by atoms with van der Waals surface area (Å²) in [5.74, 6) is -0.178. The second kappa shape index (κ2) is 9.32. The number of aromatic nitrogens is 1. The Balaban J connectivity index is 1.14. The Hall–Kier alpha value is -3.01. The molecule has 2 amide bonds. The van der Waals surface area contributed by atoms with Crippen LogP contribution in [0.4, 0.5) is 23.2 Å². The number of anilines is 1. The van der Waals surface area contributed by atoms with Gasteiger partial charge in [-0.15, -0.1) is 0 Å². The summed E-state index contributed by atoms with van der Waals surface area (Å²) in [6.07, 6.45) is 1.56. The van der Waals surface area contributed by atoms with Crippen molar-refractivity contribution in [3.63, 3.8) is 0 Å². The Morgan fingerprint density at radius 1 is 1.13 bits per heavy atom. The second-order valence-electron chi connectivity index (χ2n) is 11.2. The number of nitrogens with zero attached hydrogens (tertiary/aromatic N) is 3. The molecule has 6 rings (SSSR count). The molecule has 6 nitrogen and oxygen atoms in total. The van der Waals surface area contributed by atoms with E-state index in [-0.39, 0.29) is 42.2 Å². The maximum Gasteiger partial charge on any atom is 0.417 e. The number of alkyl halides is 3. The number of fused-ring (bicyclic) bond motifs is 2. The molecule has 0 spiro atoms. The van der Waals surface area contributed by atoms with E-state index in [0.717, 1.165) is 37.9 Å². The number of benzene rings is 1. The monoisotopic (exact) mass is 530 g/mol. The van der Waals surface area contributed by atoms with Crippen LogP contribution in [0.3, 0.4) is 0 Å². The van der Waals surface area contributed by atoms with E-state index in [9.17, 15) is 27.2 Å². The van der Waals surface area contributed by atoms with E-state index in [0.29, 0.717) is 49.3 Å². The van der Waals surface area contributed by atoms with Gasteiger partial charge in [0.05, 0.1) is 17.0 Å². The molecular formula is C28H30F4N4O2. The van der Waals surface area contributed by atoms with Crippen LogP contribution in [0.5, 0.6) is 0 Å². The van der Waals surface area contributed by atoms with E-state index in [2.05, 4.69) is 10.3 Å². The highest BCUT2D eigenvalue weighted by Gasteiger charge is 2.56. The summed E-state index contributed by atoms with van der Waals surface area (Å²) in [6, 6.07) is 6.68. The number of rotatable bonds is 4. The molecule has 2 aliphatic heterocycles. The van der Waals surface area contributed by atoms with Crippen LogP contribution in [0.2, 0.25) is 0 Å². The van der Waals surface area contributed by atoms with Crippen LogP contribution in [0.1, 0.15) is 55.3 Å². The lowest BCUT2D eigenvalue weighted by Crippen LogP contribution is -2.47. The van der Waals surface area contributed by atoms with Crippen LogP contribution in [0.15, 0.2) is 36.5 Å². The molecule has 38 heavy (non-hydrogen) atoms. The third-order valence-electron chi connectivity index (χ3n) is 9.00. The lowest BCUT2D eigenvalue weighted by Gasteiger charge is -2.37. The number of halogens is 4. The second-order valence-corrected chi connectivity index (χ2v) is 11.2. The normalized spacial score (nSPS) is 29.1. The summed E-state index contributed by atoms with van der Waals surface area (Å²) >= 11 is 0. The van der Waals surface area contributed by atoms with E-state index >= 15 is 0 Å². The number of hydrogen-bond acceptors (Lipinski definition) is 4. The fourth-order valence-corrected chi connectivity index (χ4v) is 7.18. The molecule has 1 aromatic carbocycles. The maximum atomic E-state index is 14.0. The van der Waals surface area contributed by atoms with Crippen molar-refractivity contribution in [3.8, 4) is 0 Å². The lowest BCUT2D eigenvalue weighted by molar-refractivity contribution is -0.144. The minimum atomic E-state index is -4.47. The number of pyridine rings is 1. The summed E-state index contributed by atoms with van der Waals surface area (Å²) in [5, 5.41) is 3.52. The minimum Gasteiger partial charge on any atom is -0.337 e. The molecule has 1 N–H and O–H groups in total. The molecule has 3 fully saturated rings. The van der Waals surface area contributed by atoms with Crippen molar-refractivity contribution in [3.05, 3.63) is 59.2 Å². The van der Waals surface area contributed by atoms with Gasteiger partial charge >= 0.3 is 6.18 Å². The van der Waals surface area contributed by atoms with Crippen molar-refractivity contribution in [1.29, 1.82) is 0 Å². The first kappa shape index (κ1) is 25.3. The number of carbonyl (C=O) groups excluding carboxylic acids is 2.